The monoisotopic (exact) mass is 370 g/mol. The van der Waals surface area contributed by atoms with Gasteiger partial charge in [-0.2, -0.15) is 0 Å². The van der Waals surface area contributed by atoms with Crippen molar-refractivity contribution < 1.29 is 29.6 Å². The van der Waals surface area contributed by atoms with Crippen LogP contribution >= 0.6 is 0 Å². The summed E-state index contributed by atoms with van der Waals surface area (Å²) in [5, 5.41) is 37.5. The van der Waals surface area contributed by atoms with Gasteiger partial charge in [0.15, 0.2) is 0 Å². The van der Waals surface area contributed by atoms with Crippen molar-refractivity contribution in [2.24, 2.45) is 0 Å². The number of carbonyl (C=O) groups is 1. The van der Waals surface area contributed by atoms with Crippen LogP contribution in [0.2, 0.25) is 0 Å². The minimum atomic E-state index is -1.32. The summed E-state index contributed by atoms with van der Waals surface area (Å²) in [5.41, 5.74) is 0. The fraction of sp³-hybridized carbons (Fsp3) is 0.650. The van der Waals surface area contributed by atoms with Gasteiger partial charge in [0, 0.05) is 6.42 Å². The van der Waals surface area contributed by atoms with Crippen LogP contribution in [0.3, 0.4) is 0 Å². The summed E-state index contributed by atoms with van der Waals surface area (Å²) in [6.45, 7) is 1.96. The number of rotatable bonds is 13. The molecule has 0 aliphatic carbocycles. The highest BCUT2D eigenvalue weighted by atomic mass is 19.1. The van der Waals surface area contributed by atoms with E-state index in [1.54, 1.807) is 18.2 Å². The van der Waals surface area contributed by atoms with Gasteiger partial charge in [0.05, 0.1) is 12.2 Å². The predicted octanol–water partition coefficient (Wildman–Crippen LogP) is 2.75. The van der Waals surface area contributed by atoms with Crippen molar-refractivity contribution in [2.75, 3.05) is 0 Å². The molecule has 26 heavy (non-hydrogen) atoms. The average molecular weight is 370 g/mol. The van der Waals surface area contributed by atoms with Crippen LogP contribution in [0.5, 0.6) is 0 Å². The maximum atomic E-state index is 13.5. The predicted molar refractivity (Wildman–Crippen MR) is 99.2 cm³/mol. The molecule has 0 aromatic carbocycles. The van der Waals surface area contributed by atoms with E-state index in [2.05, 4.69) is 11.8 Å². The summed E-state index contributed by atoms with van der Waals surface area (Å²) in [5.74, 6) is 4.10. The van der Waals surface area contributed by atoms with Gasteiger partial charge in [0.25, 0.3) is 0 Å². The molecule has 0 aliphatic heterocycles. The Morgan fingerprint density at radius 3 is 2.42 bits per heavy atom. The van der Waals surface area contributed by atoms with E-state index in [1.807, 2.05) is 6.92 Å². The molecule has 0 rings (SSSR count). The van der Waals surface area contributed by atoms with Crippen LogP contribution < -0.4 is 0 Å². The molecule has 4 N–H and O–H groups in total. The van der Waals surface area contributed by atoms with Gasteiger partial charge in [0.1, 0.15) is 12.3 Å². The fourth-order valence-corrected chi connectivity index (χ4v) is 2.17. The second-order valence-electron chi connectivity index (χ2n) is 6.18. The van der Waals surface area contributed by atoms with Gasteiger partial charge in [-0.15, -0.1) is 0 Å². The molecule has 148 valence electrons. The van der Waals surface area contributed by atoms with E-state index in [0.29, 0.717) is 25.7 Å². The van der Waals surface area contributed by atoms with Gasteiger partial charge >= 0.3 is 5.97 Å². The summed E-state index contributed by atoms with van der Waals surface area (Å²) < 4.78 is 13.5. The topological polar surface area (TPSA) is 98.0 Å². The Kier molecular flexibility index (Phi) is 14.6. The molecule has 4 unspecified atom stereocenters. The Bertz CT molecular complexity index is 492. The van der Waals surface area contributed by atoms with E-state index in [1.165, 1.54) is 6.08 Å². The molecular formula is C20H31FO5. The van der Waals surface area contributed by atoms with Crippen molar-refractivity contribution >= 4 is 5.97 Å². The highest BCUT2D eigenvalue weighted by molar-refractivity contribution is 5.66. The zero-order valence-electron chi connectivity index (χ0n) is 15.4. The number of carboxylic acid groups (broad SMARTS) is 1. The molecule has 0 spiro atoms. The van der Waals surface area contributed by atoms with E-state index in [0.717, 1.165) is 12.8 Å². The van der Waals surface area contributed by atoms with Crippen molar-refractivity contribution in [1.82, 2.24) is 0 Å². The van der Waals surface area contributed by atoms with Crippen LogP contribution in [0.15, 0.2) is 24.3 Å². The molecule has 0 saturated carbocycles. The van der Waals surface area contributed by atoms with Gasteiger partial charge in [-0.3, -0.25) is 4.79 Å². The van der Waals surface area contributed by atoms with Crippen LogP contribution in [0.25, 0.3) is 0 Å². The van der Waals surface area contributed by atoms with Crippen molar-refractivity contribution in [3.05, 3.63) is 24.3 Å². The summed E-state index contributed by atoms with van der Waals surface area (Å²) in [6.07, 6.45) is 5.62. The molecule has 0 aromatic heterocycles. The molecule has 0 aliphatic rings. The van der Waals surface area contributed by atoms with Crippen LogP contribution in [0, 0.1) is 11.8 Å². The van der Waals surface area contributed by atoms with Crippen LogP contribution in [-0.2, 0) is 4.79 Å². The lowest BCUT2D eigenvalue weighted by Crippen LogP contribution is -2.25. The highest BCUT2D eigenvalue weighted by Crippen LogP contribution is 2.10. The number of aliphatic hydroxyl groups excluding tert-OH is 3. The first-order valence-corrected chi connectivity index (χ1v) is 9.11. The number of aliphatic carboxylic acids is 1. The number of halogens is 1. The van der Waals surface area contributed by atoms with E-state index in [-0.39, 0.29) is 12.8 Å². The second-order valence-corrected chi connectivity index (χ2v) is 6.18. The summed E-state index contributed by atoms with van der Waals surface area (Å²) in [6, 6.07) is 0. The Labute approximate surface area is 155 Å². The van der Waals surface area contributed by atoms with Gasteiger partial charge in [-0.25, -0.2) is 4.39 Å². The molecule has 0 heterocycles. The number of hydrogen-bond acceptors (Lipinski definition) is 4. The quantitative estimate of drug-likeness (QED) is 0.295. The number of alkyl halides is 1. The third kappa shape index (κ3) is 13.6. The summed E-state index contributed by atoms with van der Waals surface area (Å²) in [7, 11) is 0. The van der Waals surface area contributed by atoms with Crippen LogP contribution in [-0.4, -0.2) is 50.9 Å². The van der Waals surface area contributed by atoms with Gasteiger partial charge in [0.2, 0.25) is 0 Å². The van der Waals surface area contributed by atoms with Crippen molar-refractivity contribution in [3.8, 4) is 11.8 Å². The minimum Gasteiger partial charge on any atom is -0.481 e. The summed E-state index contributed by atoms with van der Waals surface area (Å²) >= 11 is 0. The van der Waals surface area contributed by atoms with Crippen LogP contribution in [0.1, 0.15) is 58.3 Å². The van der Waals surface area contributed by atoms with E-state index < -0.39 is 30.5 Å². The van der Waals surface area contributed by atoms with Crippen molar-refractivity contribution in [2.45, 2.75) is 82.8 Å². The molecule has 0 saturated heterocycles. The molecule has 0 fully saturated rings. The molecule has 0 amide bonds. The Hall–Kier alpha value is -1.68. The van der Waals surface area contributed by atoms with Crippen LogP contribution in [0.4, 0.5) is 4.39 Å². The lowest BCUT2D eigenvalue weighted by Gasteiger charge is -2.16. The normalized spacial score (nSPS) is 16.2. The number of hydrogen-bond donors (Lipinski definition) is 4. The third-order valence-corrected chi connectivity index (χ3v) is 3.80. The lowest BCUT2D eigenvalue weighted by atomic mass is 10.0. The SMILES string of the molecule is CCCCC(F)C(O)C#C/C=C/C=C/CCC(O)C(O)CCCC(=O)O. The Morgan fingerprint density at radius 1 is 1.08 bits per heavy atom. The van der Waals surface area contributed by atoms with E-state index >= 15 is 0 Å². The molecule has 4 atom stereocenters. The zero-order valence-corrected chi connectivity index (χ0v) is 15.4. The maximum Gasteiger partial charge on any atom is 0.303 e. The maximum absolute atomic E-state index is 13.5. The first-order chi connectivity index (χ1) is 12.4. The standard InChI is InChI=1S/C20H31FO5/c1-2-3-11-16(21)17(22)12-8-6-4-5-7-9-13-18(23)19(24)14-10-15-20(25)26/h4-7,16-19,22-24H,2-3,9-11,13-15H2,1H3,(H,25,26)/b6-4+,7-5+. The van der Waals surface area contributed by atoms with Gasteiger partial charge in [-0.05, 0) is 38.2 Å². The lowest BCUT2D eigenvalue weighted by molar-refractivity contribution is -0.137. The van der Waals surface area contributed by atoms with Gasteiger partial charge in [-0.1, -0.05) is 49.8 Å². The zero-order chi connectivity index (χ0) is 19.8. The number of aliphatic hydroxyl groups is 3. The number of carboxylic acids is 1. The fourth-order valence-electron chi connectivity index (χ4n) is 2.17. The Morgan fingerprint density at radius 2 is 1.77 bits per heavy atom. The Balaban J connectivity index is 3.97. The first-order valence-electron chi connectivity index (χ1n) is 9.11. The molecule has 5 nitrogen and oxygen atoms in total. The molecule has 6 heteroatoms. The molecule has 0 radical (unpaired) electrons. The molecule has 0 aromatic rings. The average Bonchev–Trinajstić information content (AvgIpc) is 2.60. The van der Waals surface area contributed by atoms with E-state index in [9.17, 15) is 24.5 Å². The second kappa shape index (κ2) is 15.6. The smallest absolute Gasteiger partial charge is 0.303 e. The minimum absolute atomic E-state index is 0.0219. The molecule has 0 bridgehead atoms. The number of unbranched alkanes of at least 4 members (excludes halogenated alkanes) is 1. The van der Waals surface area contributed by atoms with Gasteiger partial charge < -0.3 is 20.4 Å². The highest BCUT2D eigenvalue weighted by Gasteiger charge is 2.15. The molecular weight excluding hydrogens is 339 g/mol. The number of allylic oxidation sites excluding steroid dienone is 4. The third-order valence-electron chi connectivity index (χ3n) is 3.80. The van der Waals surface area contributed by atoms with Crippen molar-refractivity contribution in [1.29, 1.82) is 0 Å². The van der Waals surface area contributed by atoms with E-state index in [4.69, 9.17) is 5.11 Å². The summed E-state index contributed by atoms with van der Waals surface area (Å²) in [4.78, 5) is 10.4. The largest absolute Gasteiger partial charge is 0.481 e. The van der Waals surface area contributed by atoms with Crippen molar-refractivity contribution in [3.63, 3.8) is 0 Å². The first kappa shape index (κ1) is 24.3.